The molecule has 0 heterocycles. The van der Waals surface area contributed by atoms with Gasteiger partial charge in [0.15, 0.2) is 0 Å². The summed E-state index contributed by atoms with van der Waals surface area (Å²) < 4.78 is 13.1. The Kier molecular flexibility index (Phi) is 6.31. The first-order valence-corrected chi connectivity index (χ1v) is 8.37. The third kappa shape index (κ3) is 4.77. The Morgan fingerprint density at radius 1 is 1.21 bits per heavy atom. The summed E-state index contributed by atoms with van der Waals surface area (Å²) in [5, 5.41) is 3.00. The van der Waals surface area contributed by atoms with Crippen molar-refractivity contribution in [1.29, 1.82) is 0 Å². The number of rotatable bonds is 6. The van der Waals surface area contributed by atoms with E-state index in [0.29, 0.717) is 12.5 Å². The molecule has 0 aliphatic heterocycles. The number of benzene rings is 1. The molecule has 1 saturated carbocycles. The normalized spacial score (nSPS) is 22.2. The average Bonchev–Trinajstić information content (AvgIpc) is 2.55. The molecule has 1 aliphatic rings. The highest BCUT2D eigenvalue weighted by atomic mass is 19.1. The second-order valence-electron chi connectivity index (χ2n) is 6.78. The monoisotopic (exact) mass is 335 g/mol. The molecule has 0 unspecified atom stereocenters. The molecule has 1 atom stereocenters. The molecule has 0 bridgehead atoms. The number of primary amides is 1. The third-order valence-corrected chi connectivity index (χ3v) is 4.76. The van der Waals surface area contributed by atoms with E-state index in [4.69, 9.17) is 5.73 Å². The van der Waals surface area contributed by atoms with E-state index in [1.54, 1.807) is 12.1 Å². The summed E-state index contributed by atoms with van der Waals surface area (Å²) in [5.41, 5.74) is 6.10. The van der Waals surface area contributed by atoms with Crippen molar-refractivity contribution >= 4 is 11.8 Å². The number of amides is 2. The first-order chi connectivity index (χ1) is 11.4. The van der Waals surface area contributed by atoms with Crippen LogP contribution in [-0.2, 0) is 9.59 Å². The van der Waals surface area contributed by atoms with Crippen molar-refractivity contribution in [2.45, 2.75) is 31.7 Å². The minimum Gasteiger partial charge on any atom is -0.369 e. The van der Waals surface area contributed by atoms with Gasteiger partial charge in [0.1, 0.15) is 11.9 Å². The van der Waals surface area contributed by atoms with Gasteiger partial charge in [-0.15, -0.1) is 0 Å². The van der Waals surface area contributed by atoms with Gasteiger partial charge in [0.25, 0.3) is 0 Å². The van der Waals surface area contributed by atoms with Crippen molar-refractivity contribution in [2.24, 2.45) is 17.6 Å². The van der Waals surface area contributed by atoms with Crippen LogP contribution in [0.3, 0.4) is 0 Å². The lowest BCUT2D eigenvalue weighted by Gasteiger charge is -2.28. The summed E-state index contributed by atoms with van der Waals surface area (Å²) in [5.74, 6) is -0.278. The number of halogens is 1. The molecular weight excluding hydrogens is 309 g/mol. The summed E-state index contributed by atoms with van der Waals surface area (Å²) in [6.07, 6.45) is 3.39. The van der Waals surface area contributed by atoms with Crippen LogP contribution in [0.25, 0.3) is 0 Å². The Bertz CT molecular complexity index is 566. The molecular formula is C18H26FN3O2. The second kappa shape index (κ2) is 8.24. The lowest BCUT2D eigenvalue weighted by atomic mass is 9.81. The first-order valence-electron chi connectivity index (χ1n) is 8.37. The molecule has 2 amide bonds. The predicted octanol–water partition coefficient (Wildman–Crippen LogP) is 1.84. The van der Waals surface area contributed by atoms with Crippen LogP contribution in [0.4, 0.5) is 4.39 Å². The largest absolute Gasteiger partial charge is 0.369 e. The van der Waals surface area contributed by atoms with Crippen molar-refractivity contribution in [1.82, 2.24) is 10.2 Å². The van der Waals surface area contributed by atoms with Crippen LogP contribution in [0, 0.1) is 17.7 Å². The zero-order valence-electron chi connectivity index (χ0n) is 14.3. The van der Waals surface area contributed by atoms with Gasteiger partial charge in [-0.2, -0.15) is 0 Å². The maximum absolute atomic E-state index is 13.1. The number of carbonyl (C=O) groups is 2. The number of nitrogens with zero attached hydrogens (tertiary/aromatic N) is 1. The van der Waals surface area contributed by atoms with E-state index >= 15 is 0 Å². The van der Waals surface area contributed by atoms with Gasteiger partial charge in [0, 0.05) is 12.5 Å². The van der Waals surface area contributed by atoms with Crippen LogP contribution in [-0.4, -0.2) is 37.4 Å². The van der Waals surface area contributed by atoms with Gasteiger partial charge in [-0.05, 0) is 63.4 Å². The van der Waals surface area contributed by atoms with Crippen LogP contribution >= 0.6 is 0 Å². The second-order valence-corrected chi connectivity index (χ2v) is 6.78. The summed E-state index contributed by atoms with van der Waals surface area (Å²) in [4.78, 5) is 25.6. The molecule has 3 N–H and O–H groups in total. The molecule has 5 nitrogen and oxygen atoms in total. The molecule has 1 fully saturated rings. The number of nitrogens with one attached hydrogen (secondary N) is 1. The lowest BCUT2D eigenvalue weighted by molar-refractivity contribution is -0.126. The molecule has 132 valence electrons. The van der Waals surface area contributed by atoms with Crippen LogP contribution in [0.2, 0.25) is 0 Å². The number of hydrogen-bond donors (Lipinski definition) is 2. The molecule has 0 saturated heterocycles. The molecule has 1 aliphatic carbocycles. The van der Waals surface area contributed by atoms with E-state index in [1.807, 2.05) is 19.0 Å². The van der Waals surface area contributed by atoms with Gasteiger partial charge in [-0.25, -0.2) is 4.39 Å². The van der Waals surface area contributed by atoms with Gasteiger partial charge in [-0.1, -0.05) is 12.1 Å². The average molecular weight is 335 g/mol. The minimum absolute atomic E-state index is 0.0225. The molecule has 1 aromatic carbocycles. The summed E-state index contributed by atoms with van der Waals surface area (Å²) in [7, 11) is 3.65. The smallest absolute Gasteiger partial charge is 0.241 e. The number of likely N-dealkylation sites (N-methyl/N-ethyl adjacent to an activating group) is 1. The van der Waals surface area contributed by atoms with E-state index < -0.39 is 6.04 Å². The van der Waals surface area contributed by atoms with Crippen molar-refractivity contribution < 1.29 is 14.0 Å². The fourth-order valence-corrected chi connectivity index (χ4v) is 3.32. The first kappa shape index (κ1) is 18.4. The van der Waals surface area contributed by atoms with Crippen molar-refractivity contribution in [3.05, 3.63) is 35.6 Å². The molecule has 0 spiro atoms. The standard InChI is InChI=1S/C18H26FN3O2/c1-22(2)16(13-7-9-15(19)10-8-13)18(24)21-11-12-3-5-14(6-4-12)17(20)23/h7-10,12,14,16H,3-6,11H2,1-2H3,(H2,20,23)(H,21,24)/t12?,14?,16-/m0/s1. The van der Waals surface area contributed by atoms with E-state index in [2.05, 4.69) is 5.32 Å². The molecule has 0 radical (unpaired) electrons. The Morgan fingerprint density at radius 2 is 1.79 bits per heavy atom. The van der Waals surface area contributed by atoms with Crippen molar-refractivity contribution in [2.75, 3.05) is 20.6 Å². The predicted molar refractivity (Wildman–Crippen MR) is 90.5 cm³/mol. The fraction of sp³-hybridized carbons (Fsp3) is 0.556. The third-order valence-electron chi connectivity index (χ3n) is 4.76. The topological polar surface area (TPSA) is 75.4 Å². The molecule has 1 aromatic rings. The Labute approximate surface area is 142 Å². The summed E-state index contributed by atoms with van der Waals surface area (Å²) in [6, 6.07) is 5.55. The van der Waals surface area contributed by atoms with E-state index in [9.17, 15) is 14.0 Å². The van der Waals surface area contributed by atoms with Gasteiger partial charge in [0.05, 0.1) is 0 Å². The molecule has 2 rings (SSSR count). The maximum Gasteiger partial charge on any atom is 0.241 e. The lowest BCUT2D eigenvalue weighted by Crippen LogP contribution is -2.40. The summed E-state index contributed by atoms with van der Waals surface area (Å²) in [6.45, 7) is 0.593. The van der Waals surface area contributed by atoms with Crippen LogP contribution in [0.5, 0.6) is 0 Å². The highest BCUT2D eigenvalue weighted by molar-refractivity contribution is 5.83. The highest BCUT2D eigenvalue weighted by Gasteiger charge is 2.27. The maximum atomic E-state index is 13.1. The number of nitrogens with two attached hydrogens (primary N) is 1. The minimum atomic E-state index is -0.451. The van der Waals surface area contributed by atoms with Crippen LogP contribution in [0.15, 0.2) is 24.3 Å². The van der Waals surface area contributed by atoms with E-state index in [-0.39, 0.29) is 23.5 Å². The van der Waals surface area contributed by atoms with Crippen LogP contribution < -0.4 is 11.1 Å². The Balaban J connectivity index is 1.90. The zero-order chi connectivity index (χ0) is 17.7. The highest BCUT2D eigenvalue weighted by Crippen LogP contribution is 2.28. The summed E-state index contributed by atoms with van der Waals surface area (Å²) >= 11 is 0. The zero-order valence-corrected chi connectivity index (χ0v) is 14.3. The van der Waals surface area contributed by atoms with Gasteiger partial charge in [0.2, 0.25) is 11.8 Å². The Hall–Kier alpha value is -1.95. The van der Waals surface area contributed by atoms with Crippen molar-refractivity contribution in [3.8, 4) is 0 Å². The van der Waals surface area contributed by atoms with E-state index in [1.165, 1.54) is 12.1 Å². The molecule has 0 aromatic heterocycles. The van der Waals surface area contributed by atoms with Gasteiger partial charge >= 0.3 is 0 Å². The fourth-order valence-electron chi connectivity index (χ4n) is 3.32. The number of hydrogen-bond acceptors (Lipinski definition) is 3. The van der Waals surface area contributed by atoms with Crippen molar-refractivity contribution in [3.63, 3.8) is 0 Å². The Morgan fingerprint density at radius 3 is 2.29 bits per heavy atom. The van der Waals surface area contributed by atoms with Gasteiger partial charge < -0.3 is 11.1 Å². The van der Waals surface area contributed by atoms with Gasteiger partial charge in [-0.3, -0.25) is 14.5 Å². The van der Waals surface area contributed by atoms with Crippen LogP contribution in [0.1, 0.15) is 37.3 Å². The molecule has 24 heavy (non-hydrogen) atoms. The number of carbonyl (C=O) groups excluding carboxylic acids is 2. The quantitative estimate of drug-likeness (QED) is 0.833. The molecule has 6 heteroatoms. The SMILES string of the molecule is CN(C)[C@H](C(=O)NCC1CCC(C(N)=O)CC1)c1ccc(F)cc1. The van der Waals surface area contributed by atoms with E-state index in [0.717, 1.165) is 31.2 Å².